The van der Waals surface area contributed by atoms with Gasteiger partial charge < -0.3 is 10.2 Å². The first-order valence-electron chi connectivity index (χ1n) is 5.53. The Morgan fingerprint density at radius 3 is 2.33 bits per heavy atom. The number of benzene rings is 1. The molecule has 0 radical (unpaired) electrons. The van der Waals surface area contributed by atoms with E-state index in [0.29, 0.717) is 26.4 Å². The summed E-state index contributed by atoms with van der Waals surface area (Å²) in [7, 11) is 0. The van der Waals surface area contributed by atoms with Crippen molar-refractivity contribution in [3.8, 4) is 11.3 Å². The zero-order chi connectivity index (χ0) is 13.3. The summed E-state index contributed by atoms with van der Waals surface area (Å²) in [5.74, 6) is 1.31. The predicted molar refractivity (Wildman–Crippen MR) is 76.4 cm³/mol. The Kier molecular flexibility index (Phi) is 4.23. The molecule has 1 atom stereocenters. The zero-order valence-corrected chi connectivity index (χ0v) is 12.0. The average molecular weight is 305 g/mol. The van der Waals surface area contributed by atoms with Crippen LogP contribution in [0.5, 0.6) is 0 Å². The first-order chi connectivity index (χ1) is 8.52. The summed E-state index contributed by atoms with van der Waals surface area (Å²) in [5, 5.41) is 1.41. The highest BCUT2D eigenvalue weighted by Gasteiger charge is 2.15. The highest BCUT2D eigenvalue weighted by atomic mass is 35.5. The molecule has 2 nitrogen and oxygen atoms in total. The number of hydrogen-bond donors (Lipinski definition) is 1. The summed E-state index contributed by atoms with van der Waals surface area (Å²) in [6.45, 7) is 2.00. The Balaban J connectivity index is 2.46. The minimum Gasteiger partial charge on any atom is -0.459 e. The maximum Gasteiger partial charge on any atom is 0.137 e. The van der Waals surface area contributed by atoms with E-state index in [9.17, 15) is 0 Å². The van der Waals surface area contributed by atoms with Gasteiger partial charge in [0.25, 0.3) is 0 Å². The second kappa shape index (κ2) is 5.54. The van der Waals surface area contributed by atoms with Crippen molar-refractivity contribution in [1.29, 1.82) is 0 Å². The second-order valence-corrected chi connectivity index (χ2v) is 5.21. The van der Waals surface area contributed by atoms with E-state index in [1.165, 1.54) is 0 Å². The molecule has 2 rings (SSSR count). The molecular formula is C13H12Cl3NO. The van der Waals surface area contributed by atoms with Crippen molar-refractivity contribution in [2.45, 2.75) is 19.4 Å². The van der Waals surface area contributed by atoms with Gasteiger partial charge in [0.15, 0.2) is 0 Å². The smallest absolute Gasteiger partial charge is 0.137 e. The highest BCUT2D eigenvalue weighted by Crippen LogP contribution is 2.38. The van der Waals surface area contributed by atoms with Crippen LogP contribution in [0.25, 0.3) is 11.3 Å². The molecule has 5 heteroatoms. The van der Waals surface area contributed by atoms with Crippen LogP contribution >= 0.6 is 34.8 Å². The Morgan fingerprint density at radius 2 is 1.78 bits per heavy atom. The second-order valence-electron chi connectivity index (χ2n) is 3.96. The lowest BCUT2D eigenvalue weighted by Crippen LogP contribution is -2.06. The van der Waals surface area contributed by atoms with E-state index in [1.807, 2.05) is 19.1 Å². The van der Waals surface area contributed by atoms with Crippen LogP contribution in [0.4, 0.5) is 0 Å². The van der Waals surface area contributed by atoms with Crippen LogP contribution in [0.2, 0.25) is 15.1 Å². The Labute approximate surface area is 121 Å². The normalized spacial score (nSPS) is 12.7. The van der Waals surface area contributed by atoms with Gasteiger partial charge in [0.05, 0.1) is 21.7 Å². The van der Waals surface area contributed by atoms with Crippen molar-refractivity contribution >= 4 is 34.8 Å². The van der Waals surface area contributed by atoms with Gasteiger partial charge in [-0.3, -0.25) is 0 Å². The molecule has 18 heavy (non-hydrogen) atoms. The molecule has 0 fully saturated rings. The van der Waals surface area contributed by atoms with E-state index in [2.05, 4.69) is 0 Å². The van der Waals surface area contributed by atoms with Gasteiger partial charge in [0.2, 0.25) is 0 Å². The van der Waals surface area contributed by atoms with E-state index in [4.69, 9.17) is 45.0 Å². The summed E-state index contributed by atoms with van der Waals surface area (Å²) in [6.07, 6.45) is 0.801. The van der Waals surface area contributed by atoms with Gasteiger partial charge in [-0.05, 0) is 30.7 Å². The van der Waals surface area contributed by atoms with Crippen LogP contribution in [-0.2, 0) is 0 Å². The third kappa shape index (κ3) is 2.67. The van der Waals surface area contributed by atoms with Crippen molar-refractivity contribution in [1.82, 2.24) is 0 Å². The van der Waals surface area contributed by atoms with Crippen molar-refractivity contribution in [2.75, 3.05) is 0 Å². The minimum absolute atomic E-state index is 0.122. The molecule has 1 aromatic heterocycles. The molecule has 0 aliphatic carbocycles. The number of rotatable bonds is 3. The molecule has 0 spiro atoms. The van der Waals surface area contributed by atoms with Crippen molar-refractivity contribution in [2.24, 2.45) is 5.73 Å². The number of hydrogen-bond acceptors (Lipinski definition) is 2. The Morgan fingerprint density at radius 1 is 1.17 bits per heavy atom. The fourth-order valence-corrected chi connectivity index (χ4v) is 2.67. The largest absolute Gasteiger partial charge is 0.459 e. The summed E-state index contributed by atoms with van der Waals surface area (Å²) in [5.41, 5.74) is 6.54. The number of nitrogens with two attached hydrogens (primary N) is 1. The third-order valence-corrected chi connectivity index (χ3v) is 3.50. The fourth-order valence-electron chi connectivity index (χ4n) is 1.67. The van der Waals surface area contributed by atoms with Gasteiger partial charge >= 0.3 is 0 Å². The van der Waals surface area contributed by atoms with Crippen LogP contribution in [0.15, 0.2) is 28.7 Å². The molecule has 0 bridgehead atoms. The Bertz CT molecular complexity index is 542. The SMILES string of the molecule is CCC(N)c1ccc(-c2c(Cl)cc(Cl)cc2Cl)o1. The van der Waals surface area contributed by atoms with Crippen LogP contribution in [0, 0.1) is 0 Å². The monoisotopic (exact) mass is 303 g/mol. The molecule has 2 N–H and O–H groups in total. The molecule has 0 saturated carbocycles. The molecule has 0 amide bonds. The van der Waals surface area contributed by atoms with E-state index in [1.54, 1.807) is 12.1 Å². The number of furan rings is 1. The van der Waals surface area contributed by atoms with Crippen LogP contribution in [-0.4, -0.2) is 0 Å². The maximum absolute atomic E-state index is 6.13. The lowest BCUT2D eigenvalue weighted by Gasteiger charge is -2.06. The molecule has 0 aliphatic rings. The van der Waals surface area contributed by atoms with E-state index >= 15 is 0 Å². The van der Waals surface area contributed by atoms with Gasteiger partial charge in [0, 0.05) is 5.02 Å². The standard InChI is InChI=1S/C13H12Cl3NO/c1-2-10(17)11-3-4-12(18-11)13-8(15)5-7(14)6-9(13)16/h3-6,10H,2,17H2,1H3. The average Bonchev–Trinajstić information content (AvgIpc) is 2.76. The molecular weight excluding hydrogens is 293 g/mol. The molecule has 1 unspecified atom stereocenters. The van der Waals surface area contributed by atoms with Crippen molar-refractivity contribution in [3.05, 3.63) is 45.1 Å². The molecule has 96 valence electrons. The summed E-state index contributed by atoms with van der Waals surface area (Å²) in [4.78, 5) is 0. The molecule has 1 heterocycles. The van der Waals surface area contributed by atoms with Gasteiger partial charge in [-0.2, -0.15) is 0 Å². The topological polar surface area (TPSA) is 39.2 Å². The van der Waals surface area contributed by atoms with Gasteiger partial charge in [-0.25, -0.2) is 0 Å². The molecule has 1 aromatic carbocycles. The summed E-state index contributed by atoms with van der Waals surface area (Å²) in [6, 6.07) is 6.79. The fraction of sp³-hybridized carbons (Fsp3) is 0.231. The highest BCUT2D eigenvalue weighted by molar-refractivity contribution is 6.41. The minimum atomic E-state index is -0.122. The van der Waals surface area contributed by atoms with Crippen molar-refractivity contribution in [3.63, 3.8) is 0 Å². The molecule has 0 aliphatic heterocycles. The zero-order valence-electron chi connectivity index (χ0n) is 9.71. The number of halogens is 3. The molecule has 2 aromatic rings. The summed E-state index contributed by atoms with van der Waals surface area (Å²) < 4.78 is 5.69. The van der Waals surface area contributed by atoms with Gasteiger partial charge in [0.1, 0.15) is 11.5 Å². The van der Waals surface area contributed by atoms with Gasteiger partial charge in [-0.15, -0.1) is 0 Å². The van der Waals surface area contributed by atoms with E-state index in [-0.39, 0.29) is 6.04 Å². The predicted octanol–water partition coefficient (Wildman–Crippen LogP) is 5.32. The third-order valence-electron chi connectivity index (χ3n) is 2.69. The summed E-state index contributed by atoms with van der Waals surface area (Å²) >= 11 is 18.1. The Hall–Kier alpha value is -0.670. The quantitative estimate of drug-likeness (QED) is 0.834. The van der Waals surface area contributed by atoms with E-state index < -0.39 is 0 Å². The van der Waals surface area contributed by atoms with E-state index in [0.717, 1.165) is 12.2 Å². The lowest BCUT2D eigenvalue weighted by molar-refractivity contribution is 0.470. The van der Waals surface area contributed by atoms with Crippen LogP contribution in [0.3, 0.4) is 0 Å². The van der Waals surface area contributed by atoms with Crippen LogP contribution in [0.1, 0.15) is 25.1 Å². The lowest BCUT2D eigenvalue weighted by atomic mass is 10.1. The molecule has 0 saturated heterocycles. The van der Waals surface area contributed by atoms with Crippen molar-refractivity contribution < 1.29 is 4.42 Å². The first-order valence-corrected chi connectivity index (χ1v) is 6.66. The van der Waals surface area contributed by atoms with Crippen LogP contribution < -0.4 is 5.73 Å². The van der Waals surface area contributed by atoms with Gasteiger partial charge in [-0.1, -0.05) is 41.7 Å². The first kappa shape index (κ1) is 13.8. The maximum atomic E-state index is 6.13.